The molecule has 3 heterocycles. The molecule has 0 radical (unpaired) electrons. The summed E-state index contributed by atoms with van der Waals surface area (Å²) in [6.07, 6.45) is 3.50. The number of carbonyl (C=O) groups excluding carboxylic acids is 1. The molecule has 8 nitrogen and oxygen atoms in total. The van der Waals surface area contributed by atoms with E-state index in [4.69, 9.17) is 0 Å². The minimum atomic E-state index is -3.61. The normalized spacial score (nSPS) is 16.1. The summed E-state index contributed by atoms with van der Waals surface area (Å²) in [5.41, 5.74) is 2.42. The number of aromatic nitrogens is 2. The summed E-state index contributed by atoms with van der Waals surface area (Å²) in [4.78, 5) is 19.4. The first kappa shape index (κ1) is 20.5. The van der Waals surface area contributed by atoms with Crippen LogP contribution in [0.15, 0.2) is 53.7 Å². The van der Waals surface area contributed by atoms with Crippen molar-refractivity contribution < 1.29 is 13.2 Å². The van der Waals surface area contributed by atoms with Gasteiger partial charge in [-0.1, -0.05) is 13.0 Å². The zero-order chi connectivity index (χ0) is 21.3. The lowest BCUT2D eigenvalue weighted by molar-refractivity contribution is 0.102. The lowest BCUT2D eigenvalue weighted by atomic mass is 10.3. The first-order valence-electron chi connectivity index (χ1n) is 9.96. The molecule has 1 amide bonds. The molecule has 158 valence electrons. The molecule has 9 heteroatoms. The lowest BCUT2D eigenvalue weighted by Gasteiger charge is -2.33. The fraction of sp³-hybridized carbons (Fsp3) is 0.333. The number of hydrogen-bond acceptors (Lipinski definition) is 5. The van der Waals surface area contributed by atoms with E-state index in [1.165, 1.54) is 10.4 Å². The van der Waals surface area contributed by atoms with Crippen LogP contribution in [0.1, 0.15) is 23.0 Å². The summed E-state index contributed by atoms with van der Waals surface area (Å²) in [5.74, 6) is -0.387. The highest BCUT2D eigenvalue weighted by Gasteiger charge is 2.28. The number of pyridine rings is 1. The molecule has 0 spiro atoms. The highest BCUT2D eigenvalue weighted by Crippen LogP contribution is 2.21. The molecular formula is C21H25N5O3S. The SMILES string of the molecule is CCN1CCN(S(=O)(=O)c2cccc(NC(=O)c3cn4ccc(C)cc4n3)c2)CC1. The quantitative estimate of drug-likeness (QED) is 0.675. The maximum Gasteiger partial charge on any atom is 0.275 e. The van der Waals surface area contributed by atoms with Gasteiger partial charge < -0.3 is 14.6 Å². The van der Waals surface area contributed by atoms with Crippen LogP contribution in [0.2, 0.25) is 0 Å². The van der Waals surface area contributed by atoms with E-state index in [1.807, 2.05) is 25.3 Å². The molecule has 0 atom stereocenters. The third kappa shape index (κ3) is 4.09. The number of fused-ring (bicyclic) bond motifs is 1. The standard InChI is InChI=1S/C21H25N5O3S/c1-3-24-9-11-26(12-10-24)30(28,29)18-6-4-5-17(14-18)22-21(27)19-15-25-8-7-16(2)13-20(25)23-19/h4-8,13-15H,3,9-12H2,1-2H3,(H,22,27). The second kappa shape index (κ2) is 8.17. The van der Waals surface area contributed by atoms with Crippen LogP contribution in [0.5, 0.6) is 0 Å². The predicted molar refractivity (Wildman–Crippen MR) is 115 cm³/mol. The van der Waals surface area contributed by atoms with E-state index in [0.29, 0.717) is 24.4 Å². The number of aryl methyl sites for hydroxylation is 1. The Morgan fingerprint density at radius 2 is 1.90 bits per heavy atom. The molecule has 1 aliphatic rings. The maximum atomic E-state index is 13.0. The Morgan fingerprint density at radius 3 is 2.63 bits per heavy atom. The second-order valence-corrected chi connectivity index (χ2v) is 9.35. The first-order chi connectivity index (χ1) is 14.4. The van der Waals surface area contributed by atoms with Crippen molar-refractivity contribution in [2.45, 2.75) is 18.7 Å². The Balaban J connectivity index is 1.52. The van der Waals surface area contributed by atoms with Crippen molar-refractivity contribution in [3.63, 3.8) is 0 Å². The van der Waals surface area contributed by atoms with Gasteiger partial charge in [-0.2, -0.15) is 4.31 Å². The minimum absolute atomic E-state index is 0.177. The molecule has 2 aromatic heterocycles. The second-order valence-electron chi connectivity index (χ2n) is 7.42. The largest absolute Gasteiger partial charge is 0.321 e. The zero-order valence-corrected chi connectivity index (χ0v) is 17.9. The molecule has 1 aliphatic heterocycles. The fourth-order valence-electron chi connectivity index (χ4n) is 3.56. The third-order valence-corrected chi connectivity index (χ3v) is 7.25. The topological polar surface area (TPSA) is 87.0 Å². The number of nitrogens with zero attached hydrogens (tertiary/aromatic N) is 4. The molecule has 1 aromatic carbocycles. The van der Waals surface area contributed by atoms with Gasteiger partial charge in [-0.3, -0.25) is 4.79 Å². The summed E-state index contributed by atoms with van der Waals surface area (Å²) < 4.78 is 29.3. The van der Waals surface area contributed by atoms with Crippen LogP contribution in [-0.2, 0) is 10.0 Å². The number of rotatable bonds is 5. The minimum Gasteiger partial charge on any atom is -0.321 e. The molecule has 0 aliphatic carbocycles. The van der Waals surface area contributed by atoms with Gasteiger partial charge in [-0.25, -0.2) is 13.4 Å². The number of sulfonamides is 1. The van der Waals surface area contributed by atoms with E-state index in [-0.39, 0.29) is 16.5 Å². The summed E-state index contributed by atoms with van der Waals surface area (Å²) >= 11 is 0. The van der Waals surface area contributed by atoms with E-state index < -0.39 is 10.0 Å². The molecular weight excluding hydrogens is 402 g/mol. The number of likely N-dealkylation sites (N-methyl/N-ethyl adjacent to an activating group) is 1. The van der Waals surface area contributed by atoms with Gasteiger partial charge >= 0.3 is 0 Å². The smallest absolute Gasteiger partial charge is 0.275 e. The van der Waals surface area contributed by atoms with E-state index >= 15 is 0 Å². The molecule has 0 unspecified atom stereocenters. The van der Waals surface area contributed by atoms with Crippen LogP contribution in [-0.4, -0.2) is 65.6 Å². The van der Waals surface area contributed by atoms with Crippen molar-refractivity contribution in [3.05, 3.63) is 60.0 Å². The van der Waals surface area contributed by atoms with Crippen molar-refractivity contribution in [1.82, 2.24) is 18.6 Å². The van der Waals surface area contributed by atoms with Crippen LogP contribution in [0.3, 0.4) is 0 Å². The van der Waals surface area contributed by atoms with Gasteiger partial charge in [-0.05, 0) is 49.4 Å². The van der Waals surface area contributed by atoms with Gasteiger partial charge in [0.05, 0.1) is 4.90 Å². The average Bonchev–Trinajstić information content (AvgIpc) is 3.17. The first-order valence-corrected chi connectivity index (χ1v) is 11.4. The summed E-state index contributed by atoms with van der Waals surface area (Å²) in [7, 11) is -3.61. The van der Waals surface area contributed by atoms with E-state index in [0.717, 1.165) is 25.2 Å². The van der Waals surface area contributed by atoms with Gasteiger partial charge in [0.15, 0.2) is 0 Å². The average molecular weight is 428 g/mol. The highest BCUT2D eigenvalue weighted by molar-refractivity contribution is 7.89. The summed E-state index contributed by atoms with van der Waals surface area (Å²) in [5, 5.41) is 2.76. The Morgan fingerprint density at radius 1 is 1.13 bits per heavy atom. The maximum absolute atomic E-state index is 13.0. The monoisotopic (exact) mass is 427 g/mol. The Labute approximate surface area is 176 Å². The van der Waals surface area contributed by atoms with Crippen LogP contribution in [0.25, 0.3) is 5.65 Å². The Hall–Kier alpha value is -2.75. The molecule has 1 N–H and O–H groups in total. The molecule has 1 saturated heterocycles. The fourth-order valence-corrected chi connectivity index (χ4v) is 5.03. The van der Waals surface area contributed by atoms with Gasteiger partial charge in [0.2, 0.25) is 10.0 Å². The van der Waals surface area contributed by atoms with Gasteiger partial charge in [0.25, 0.3) is 5.91 Å². The lowest BCUT2D eigenvalue weighted by Crippen LogP contribution is -2.48. The number of piperazine rings is 1. The third-order valence-electron chi connectivity index (χ3n) is 5.36. The van der Waals surface area contributed by atoms with Gasteiger partial charge in [-0.15, -0.1) is 0 Å². The van der Waals surface area contributed by atoms with E-state index in [1.54, 1.807) is 28.8 Å². The highest BCUT2D eigenvalue weighted by atomic mass is 32.2. The van der Waals surface area contributed by atoms with Crippen molar-refractivity contribution in [2.24, 2.45) is 0 Å². The number of anilines is 1. The number of hydrogen-bond donors (Lipinski definition) is 1. The van der Waals surface area contributed by atoms with Crippen molar-refractivity contribution in [2.75, 3.05) is 38.0 Å². The number of nitrogens with one attached hydrogen (secondary N) is 1. The molecule has 0 bridgehead atoms. The van der Waals surface area contributed by atoms with E-state index in [2.05, 4.69) is 22.1 Å². The summed E-state index contributed by atoms with van der Waals surface area (Å²) in [6.45, 7) is 7.32. The molecule has 0 saturated carbocycles. The van der Waals surface area contributed by atoms with Crippen LogP contribution < -0.4 is 5.32 Å². The molecule has 1 fully saturated rings. The van der Waals surface area contributed by atoms with Crippen LogP contribution >= 0.6 is 0 Å². The Kier molecular flexibility index (Phi) is 5.59. The zero-order valence-electron chi connectivity index (χ0n) is 17.1. The molecule has 30 heavy (non-hydrogen) atoms. The number of benzene rings is 1. The number of amides is 1. The van der Waals surface area contributed by atoms with Crippen LogP contribution in [0, 0.1) is 6.92 Å². The van der Waals surface area contributed by atoms with Crippen molar-refractivity contribution in [3.8, 4) is 0 Å². The number of imidazole rings is 1. The van der Waals surface area contributed by atoms with Gasteiger partial charge in [0.1, 0.15) is 11.3 Å². The predicted octanol–water partition coefficient (Wildman–Crippen LogP) is 2.22. The van der Waals surface area contributed by atoms with Gasteiger partial charge in [0, 0.05) is 44.3 Å². The Bertz CT molecular complexity index is 1180. The summed E-state index contributed by atoms with van der Waals surface area (Å²) in [6, 6.07) is 10.2. The van der Waals surface area contributed by atoms with E-state index in [9.17, 15) is 13.2 Å². The van der Waals surface area contributed by atoms with Crippen molar-refractivity contribution >= 4 is 27.3 Å². The number of carbonyl (C=O) groups is 1. The van der Waals surface area contributed by atoms with Crippen LogP contribution in [0.4, 0.5) is 5.69 Å². The molecule has 4 rings (SSSR count). The van der Waals surface area contributed by atoms with Crippen molar-refractivity contribution in [1.29, 1.82) is 0 Å². The molecule has 3 aromatic rings.